The Morgan fingerprint density at radius 3 is 1.23 bits per heavy atom. The van der Waals surface area contributed by atoms with Gasteiger partial charge in [0, 0.05) is 6.92 Å². The third kappa shape index (κ3) is 37.3. The maximum absolute atomic E-state index is 12.2. The van der Waals surface area contributed by atoms with Gasteiger partial charge in [-0.2, -0.15) is 0 Å². The molecule has 6 nitrogen and oxygen atoms in total. The zero-order valence-electron chi connectivity index (χ0n) is 32.1. The fraction of sp³-hybridized carbons (Fsp3) is 0.944. The van der Waals surface area contributed by atoms with Gasteiger partial charge in [-0.25, -0.2) is 4.79 Å². The first-order chi connectivity index (χ1) is 20.5. The van der Waals surface area contributed by atoms with Gasteiger partial charge in [0.05, 0.1) is 13.2 Å². The normalized spacial score (nSPS) is 12.2. The molecule has 0 fully saturated rings. The van der Waals surface area contributed by atoms with Crippen LogP contribution in [0, 0.1) is 0 Å². The molecule has 0 amide bonds. The first kappa shape index (κ1) is 49.2. The summed E-state index contributed by atoms with van der Waals surface area (Å²) in [4.78, 5) is 23.8. The molecule has 0 heterocycles. The second-order valence-electron chi connectivity index (χ2n) is 12.4. The van der Waals surface area contributed by atoms with Crippen molar-refractivity contribution in [1.82, 2.24) is 0 Å². The van der Waals surface area contributed by atoms with Crippen LogP contribution in [0.25, 0.3) is 0 Å². The van der Waals surface area contributed by atoms with E-state index in [-0.39, 0.29) is 93.9 Å². The zero-order valence-corrected chi connectivity index (χ0v) is 34.1. The Kier molecular flexibility index (Phi) is 44.8. The Morgan fingerprint density at radius 1 is 0.545 bits per heavy atom. The second kappa shape index (κ2) is 40.0. The summed E-state index contributed by atoms with van der Waals surface area (Å²) >= 11 is 0. The molecule has 0 aliphatic rings. The number of carbonyl (C=O) groups excluding carboxylic acids is 2. The number of ether oxygens (including phenoxy) is 3. The van der Waals surface area contributed by atoms with E-state index in [1.807, 2.05) is 0 Å². The van der Waals surface area contributed by atoms with Crippen LogP contribution in [0.2, 0.25) is 0 Å². The van der Waals surface area contributed by atoms with Gasteiger partial charge in [0.2, 0.25) is 0 Å². The number of hydrogen-bond donors (Lipinski definition) is 1. The number of aliphatic hydroxyl groups is 1. The van der Waals surface area contributed by atoms with Gasteiger partial charge in [-0.3, -0.25) is 4.79 Å². The van der Waals surface area contributed by atoms with Crippen molar-refractivity contribution < 1.29 is 90.9 Å². The molecule has 0 saturated heterocycles. The fourth-order valence-corrected chi connectivity index (χ4v) is 5.52. The maximum atomic E-state index is 12.2. The fourth-order valence-electron chi connectivity index (χ4n) is 5.52. The first-order valence-corrected chi connectivity index (χ1v) is 18.1. The predicted octanol–water partition coefficient (Wildman–Crippen LogP) is 4.25. The van der Waals surface area contributed by atoms with Crippen molar-refractivity contribution in [3.8, 4) is 0 Å². The van der Waals surface area contributed by atoms with Crippen LogP contribution in [0.3, 0.4) is 0 Å². The number of aliphatic hydroxyl groups excluding tert-OH is 1. The third-order valence-electron chi connectivity index (χ3n) is 8.12. The molecule has 1 N–H and O–H groups in total. The Morgan fingerprint density at radius 2 is 0.886 bits per heavy atom. The standard InChI is InChI=1S/C36H70O6.2Na.2H/c1-4-6-8-10-12-14-16-18-20-22-24-26-28-34(30-37)42-36(39)32-40-31-35(41-33(3)38)29-27-25-23-21-19-17-15-13-11-9-7-5-2;;;;/h34-35,37H,4-32H2,1-3H3;;;;/q;2*+1;2*-1. The Balaban J connectivity index is -0.00000140. The second-order valence-corrected chi connectivity index (χ2v) is 12.4. The summed E-state index contributed by atoms with van der Waals surface area (Å²) in [5.41, 5.74) is 0. The molecule has 0 aliphatic carbocycles. The Hall–Kier alpha value is 0.860. The van der Waals surface area contributed by atoms with Crippen molar-refractivity contribution >= 4 is 11.9 Å². The van der Waals surface area contributed by atoms with E-state index in [0.29, 0.717) is 6.42 Å². The molecular weight excluding hydrogens is 574 g/mol. The van der Waals surface area contributed by atoms with Gasteiger partial charge < -0.3 is 22.2 Å². The van der Waals surface area contributed by atoms with Crippen LogP contribution in [0.15, 0.2) is 0 Å². The van der Waals surface area contributed by atoms with Crippen molar-refractivity contribution in [1.29, 1.82) is 0 Å². The van der Waals surface area contributed by atoms with Crippen LogP contribution >= 0.6 is 0 Å². The van der Waals surface area contributed by atoms with Gasteiger partial charge in [0.25, 0.3) is 0 Å². The van der Waals surface area contributed by atoms with Crippen LogP contribution in [-0.4, -0.2) is 49.1 Å². The van der Waals surface area contributed by atoms with Crippen LogP contribution in [-0.2, 0) is 23.8 Å². The topological polar surface area (TPSA) is 82.1 Å². The minimum absolute atomic E-state index is 0. The molecule has 254 valence electrons. The van der Waals surface area contributed by atoms with Gasteiger partial charge in [-0.05, 0) is 25.7 Å². The molecule has 0 rings (SSSR count). The number of esters is 2. The monoisotopic (exact) mass is 647 g/mol. The number of hydrogen-bond acceptors (Lipinski definition) is 6. The molecule has 0 aromatic rings. The molecule has 0 saturated carbocycles. The van der Waals surface area contributed by atoms with E-state index in [1.165, 1.54) is 135 Å². The van der Waals surface area contributed by atoms with E-state index in [2.05, 4.69) is 13.8 Å². The molecule has 2 unspecified atom stereocenters. The minimum atomic E-state index is -0.477. The van der Waals surface area contributed by atoms with Gasteiger partial charge >= 0.3 is 71.1 Å². The third-order valence-corrected chi connectivity index (χ3v) is 8.12. The van der Waals surface area contributed by atoms with E-state index >= 15 is 0 Å². The van der Waals surface area contributed by atoms with Crippen molar-refractivity contribution in [3.05, 3.63) is 0 Å². The van der Waals surface area contributed by atoms with E-state index in [4.69, 9.17) is 14.2 Å². The summed E-state index contributed by atoms with van der Waals surface area (Å²) in [7, 11) is 0. The van der Waals surface area contributed by atoms with Crippen LogP contribution < -0.4 is 59.1 Å². The molecule has 0 aromatic heterocycles. The van der Waals surface area contributed by atoms with Gasteiger partial charge in [0.1, 0.15) is 18.8 Å². The summed E-state index contributed by atoms with van der Waals surface area (Å²) in [5, 5.41) is 9.63. The van der Waals surface area contributed by atoms with E-state index in [9.17, 15) is 14.7 Å². The molecule has 2 atom stereocenters. The van der Waals surface area contributed by atoms with Crippen molar-refractivity contribution in [2.45, 2.75) is 200 Å². The number of rotatable bonds is 33. The quantitative estimate of drug-likeness (QED) is 0.0653. The molecule has 44 heavy (non-hydrogen) atoms. The van der Waals surface area contributed by atoms with E-state index < -0.39 is 12.1 Å². The van der Waals surface area contributed by atoms with Gasteiger partial charge in [-0.15, -0.1) is 0 Å². The molecule has 0 spiro atoms. The van der Waals surface area contributed by atoms with Crippen LogP contribution in [0.1, 0.15) is 191 Å². The smallest absolute Gasteiger partial charge is 1.00 e. The summed E-state index contributed by atoms with van der Waals surface area (Å²) in [6.07, 6.45) is 31.3. The summed E-state index contributed by atoms with van der Waals surface area (Å²) in [6.45, 7) is 5.75. The maximum Gasteiger partial charge on any atom is 1.00 e. The predicted molar refractivity (Wildman–Crippen MR) is 177 cm³/mol. The largest absolute Gasteiger partial charge is 1.00 e. The molecule has 0 aromatic carbocycles. The SMILES string of the molecule is CCCCCCCCCCCCCCC(COCC(=O)OC(CO)CCCCCCCCCCCCCC)OC(C)=O.[H-].[H-].[Na+].[Na+]. The molecule has 0 bridgehead atoms. The number of carbonyl (C=O) groups is 2. The minimum Gasteiger partial charge on any atom is -1.00 e. The Labute approximate surface area is 320 Å². The zero-order chi connectivity index (χ0) is 30.9. The molecule has 8 heteroatoms. The van der Waals surface area contributed by atoms with E-state index in [1.54, 1.807) is 0 Å². The van der Waals surface area contributed by atoms with Gasteiger partial charge in [0.15, 0.2) is 0 Å². The Bertz CT molecular complexity index is 605. The first-order valence-electron chi connectivity index (χ1n) is 18.1. The van der Waals surface area contributed by atoms with Crippen molar-refractivity contribution in [2.75, 3.05) is 19.8 Å². The van der Waals surface area contributed by atoms with E-state index in [0.717, 1.165) is 32.1 Å². The van der Waals surface area contributed by atoms with Gasteiger partial charge in [-0.1, -0.05) is 155 Å². The van der Waals surface area contributed by atoms with Crippen LogP contribution in [0.4, 0.5) is 0 Å². The summed E-state index contributed by atoms with van der Waals surface area (Å²) in [5.74, 6) is -0.798. The average Bonchev–Trinajstić information content (AvgIpc) is 2.97. The van der Waals surface area contributed by atoms with Crippen molar-refractivity contribution in [2.24, 2.45) is 0 Å². The molecular formula is C36H72Na2O6. The molecule has 0 radical (unpaired) electrons. The number of unbranched alkanes of at least 4 members (excludes halogenated alkanes) is 22. The summed E-state index contributed by atoms with van der Waals surface area (Å²) in [6, 6.07) is 0. The molecule has 0 aliphatic heterocycles. The summed E-state index contributed by atoms with van der Waals surface area (Å²) < 4.78 is 16.4. The van der Waals surface area contributed by atoms with Crippen LogP contribution in [0.5, 0.6) is 0 Å². The average molecular weight is 647 g/mol. The van der Waals surface area contributed by atoms with Crippen molar-refractivity contribution in [3.63, 3.8) is 0 Å².